The van der Waals surface area contributed by atoms with Gasteiger partial charge in [-0.3, -0.25) is 4.79 Å². The molecule has 1 aliphatic rings. The number of β-amino-alcohol motifs (C(OH)–C–C–N with tert-alkyl or cyclic N) is 1. The second kappa shape index (κ2) is 6.72. The highest BCUT2D eigenvalue weighted by Gasteiger charge is 2.37. The van der Waals surface area contributed by atoms with Gasteiger partial charge in [0.05, 0.1) is 13.2 Å². The molecule has 5 nitrogen and oxygen atoms in total. The first kappa shape index (κ1) is 14.8. The lowest BCUT2D eigenvalue weighted by Crippen LogP contribution is -2.38. The van der Waals surface area contributed by atoms with Gasteiger partial charge in [-0.2, -0.15) is 0 Å². The van der Waals surface area contributed by atoms with Crippen LogP contribution in [0.4, 0.5) is 0 Å². The Bertz CT molecular complexity index is 446. The van der Waals surface area contributed by atoms with Crippen molar-refractivity contribution in [1.82, 2.24) is 5.32 Å². The van der Waals surface area contributed by atoms with Crippen molar-refractivity contribution in [2.75, 3.05) is 13.7 Å². The number of hydrogen-bond donors (Lipinski definition) is 2. The van der Waals surface area contributed by atoms with Crippen LogP contribution < -0.4 is 10.1 Å². The Balaban J connectivity index is 2.00. The number of hydrogen-bond acceptors (Lipinski definition) is 5. The second-order valence-electron chi connectivity index (χ2n) is 4.94. The fourth-order valence-electron chi connectivity index (χ4n) is 2.37. The average molecular weight is 279 g/mol. The third kappa shape index (κ3) is 3.49. The first-order valence-electron chi connectivity index (χ1n) is 6.88. The van der Waals surface area contributed by atoms with Crippen LogP contribution in [-0.2, 0) is 16.0 Å². The summed E-state index contributed by atoms with van der Waals surface area (Å²) >= 11 is 0. The summed E-state index contributed by atoms with van der Waals surface area (Å²) in [6.45, 7) is 2.19. The molecule has 0 aliphatic carbocycles. The van der Waals surface area contributed by atoms with Gasteiger partial charge in [0.25, 0.3) is 0 Å². The van der Waals surface area contributed by atoms with Crippen molar-refractivity contribution in [2.45, 2.75) is 38.0 Å². The van der Waals surface area contributed by atoms with Crippen LogP contribution in [0.15, 0.2) is 24.3 Å². The van der Waals surface area contributed by atoms with Crippen LogP contribution in [0.5, 0.6) is 5.75 Å². The number of aliphatic hydroxyl groups excluding tert-OH is 1. The van der Waals surface area contributed by atoms with Gasteiger partial charge in [-0.1, -0.05) is 19.1 Å². The molecule has 0 spiro atoms. The third-order valence-corrected chi connectivity index (χ3v) is 3.54. The van der Waals surface area contributed by atoms with Crippen molar-refractivity contribution in [2.24, 2.45) is 0 Å². The second-order valence-corrected chi connectivity index (χ2v) is 4.94. The fraction of sp³-hybridized carbons (Fsp3) is 0.533. The monoisotopic (exact) mass is 279 g/mol. The molecule has 5 heteroatoms. The van der Waals surface area contributed by atoms with Crippen LogP contribution in [0, 0.1) is 0 Å². The molecule has 0 unspecified atom stereocenters. The maximum Gasteiger partial charge on any atom is 0.305 e. The molecule has 3 atom stereocenters. The molecule has 110 valence electrons. The van der Waals surface area contributed by atoms with Gasteiger partial charge < -0.3 is 19.9 Å². The molecule has 2 N–H and O–H groups in total. The largest absolute Gasteiger partial charge is 0.497 e. The van der Waals surface area contributed by atoms with Gasteiger partial charge >= 0.3 is 5.97 Å². The molecule has 0 aromatic heterocycles. The van der Waals surface area contributed by atoms with E-state index < -0.39 is 12.2 Å². The van der Waals surface area contributed by atoms with Gasteiger partial charge in [-0.25, -0.2) is 0 Å². The Labute approximate surface area is 118 Å². The molecule has 1 aromatic carbocycles. The van der Waals surface area contributed by atoms with Crippen LogP contribution in [0.2, 0.25) is 0 Å². The Kier molecular flexibility index (Phi) is 4.98. The zero-order chi connectivity index (χ0) is 14.5. The number of benzene rings is 1. The summed E-state index contributed by atoms with van der Waals surface area (Å²) in [5.74, 6) is 0.527. The molecule has 0 radical (unpaired) electrons. The number of esters is 1. The van der Waals surface area contributed by atoms with Gasteiger partial charge in [-0.05, 0) is 24.1 Å². The normalized spacial score (nSPS) is 25.4. The lowest BCUT2D eigenvalue weighted by atomic mass is 10.0. The molecule has 1 heterocycles. The molecule has 20 heavy (non-hydrogen) atoms. The van der Waals surface area contributed by atoms with Crippen molar-refractivity contribution < 1.29 is 19.4 Å². The van der Waals surface area contributed by atoms with Crippen LogP contribution in [0.1, 0.15) is 18.9 Å². The predicted octanol–water partition coefficient (Wildman–Crippen LogP) is 0.892. The maximum atomic E-state index is 11.4. The zero-order valence-electron chi connectivity index (χ0n) is 11.8. The number of methoxy groups -OCH3 is 1. The number of carbonyl (C=O) groups excluding carboxylic acids is 1. The first-order chi connectivity index (χ1) is 9.63. The summed E-state index contributed by atoms with van der Waals surface area (Å²) in [7, 11) is 1.63. The topological polar surface area (TPSA) is 67.8 Å². The molecule has 0 saturated carbocycles. The molecular weight excluding hydrogens is 258 g/mol. The molecule has 1 aromatic rings. The van der Waals surface area contributed by atoms with Crippen molar-refractivity contribution in [3.63, 3.8) is 0 Å². The Morgan fingerprint density at radius 2 is 2.10 bits per heavy atom. The summed E-state index contributed by atoms with van der Waals surface area (Å²) < 4.78 is 10.4. The van der Waals surface area contributed by atoms with Gasteiger partial charge in [0.2, 0.25) is 0 Å². The van der Waals surface area contributed by atoms with Gasteiger partial charge in [-0.15, -0.1) is 0 Å². The van der Waals surface area contributed by atoms with E-state index in [2.05, 4.69) is 5.32 Å². The minimum atomic E-state index is -0.645. The summed E-state index contributed by atoms with van der Waals surface area (Å²) in [5, 5.41) is 13.1. The number of carbonyl (C=O) groups is 1. The summed E-state index contributed by atoms with van der Waals surface area (Å²) in [6.07, 6.45) is -0.112. The molecule has 1 saturated heterocycles. The van der Waals surface area contributed by atoms with E-state index in [1.165, 1.54) is 0 Å². The lowest BCUT2D eigenvalue weighted by Gasteiger charge is -2.21. The van der Waals surface area contributed by atoms with Crippen LogP contribution in [0.3, 0.4) is 0 Å². The fourth-order valence-corrected chi connectivity index (χ4v) is 2.37. The Morgan fingerprint density at radius 1 is 1.40 bits per heavy atom. The number of nitrogens with one attached hydrogen (secondary N) is 1. The summed E-state index contributed by atoms with van der Waals surface area (Å²) in [5.41, 5.74) is 1.11. The lowest BCUT2D eigenvalue weighted by molar-refractivity contribution is -0.153. The van der Waals surface area contributed by atoms with Crippen molar-refractivity contribution in [3.8, 4) is 5.75 Å². The van der Waals surface area contributed by atoms with Crippen LogP contribution in [-0.4, -0.2) is 43.0 Å². The number of ether oxygens (including phenoxy) is 2. The van der Waals surface area contributed by atoms with E-state index in [-0.39, 0.29) is 12.0 Å². The number of aliphatic hydroxyl groups is 1. The highest BCUT2D eigenvalue weighted by Crippen LogP contribution is 2.19. The molecule has 2 rings (SSSR count). The predicted molar refractivity (Wildman–Crippen MR) is 74.7 cm³/mol. The molecule has 1 fully saturated rings. The standard InChI is InChI=1S/C15H21NO4/c1-3-14(18)20-15-12(16-9-13(15)17)8-10-4-6-11(19-2)7-5-10/h4-7,12-13,15-17H,3,8-9H2,1-2H3/t12-,13-,15-/m1/s1. The maximum absolute atomic E-state index is 11.4. The molecule has 0 amide bonds. The van der Waals surface area contributed by atoms with Crippen molar-refractivity contribution in [1.29, 1.82) is 0 Å². The quantitative estimate of drug-likeness (QED) is 0.784. The highest BCUT2D eigenvalue weighted by molar-refractivity contribution is 5.69. The minimum Gasteiger partial charge on any atom is -0.497 e. The number of rotatable bonds is 5. The van der Waals surface area contributed by atoms with Gasteiger partial charge in [0.15, 0.2) is 0 Å². The zero-order valence-corrected chi connectivity index (χ0v) is 11.8. The van der Waals surface area contributed by atoms with Crippen LogP contribution in [0.25, 0.3) is 0 Å². The van der Waals surface area contributed by atoms with E-state index in [1.807, 2.05) is 24.3 Å². The van der Waals surface area contributed by atoms with Gasteiger partial charge in [0, 0.05) is 13.0 Å². The average Bonchev–Trinajstić information content (AvgIpc) is 2.81. The van der Waals surface area contributed by atoms with E-state index in [0.717, 1.165) is 11.3 Å². The van der Waals surface area contributed by atoms with Crippen molar-refractivity contribution >= 4 is 5.97 Å². The van der Waals surface area contributed by atoms with E-state index in [4.69, 9.17) is 9.47 Å². The smallest absolute Gasteiger partial charge is 0.305 e. The summed E-state index contributed by atoms with van der Waals surface area (Å²) in [4.78, 5) is 11.4. The van der Waals surface area contributed by atoms with E-state index in [9.17, 15) is 9.90 Å². The van der Waals surface area contributed by atoms with E-state index in [0.29, 0.717) is 19.4 Å². The Hall–Kier alpha value is -1.59. The highest BCUT2D eigenvalue weighted by atomic mass is 16.6. The first-order valence-corrected chi connectivity index (χ1v) is 6.88. The van der Waals surface area contributed by atoms with E-state index in [1.54, 1.807) is 14.0 Å². The van der Waals surface area contributed by atoms with E-state index >= 15 is 0 Å². The Morgan fingerprint density at radius 3 is 2.70 bits per heavy atom. The molecule has 1 aliphatic heterocycles. The molecule has 0 bridgehead atoms. The minimum absolute atomic E-state index is 0.0612. The molecular formula is C15H21NO4. The van der Waals surface area contributed by atoms with Crippen molar-refractivity contribution in [3.05, 3.63) is 29.8 Å². The summed E-state index contributed by atoms with van der Waals surface area (Å²) in [6, 6.07) is 7.68. The van der Waals surface area contributed by atoms with Gasteiger partial charge in [0.1, 0.15) is 18.0 Å². The van der Waals surface area contributed by atoms with Crippen LogP contribution >= 0.6 is 0 Å². The SMILES string of the molecule is CCC(=O)O[C@H]1[C@H](O)CN[C@@H]1Cc1ccc(OC)cc1. The third-order valence-electron chi connectivity index (χ3n) is 3.54.